The quantitative estimate of drug-likeness (QED) is 0.0319. The van der Waals surface area contributed by atoms with Gasteiger partial charge in [-0.05, 0) is 48.9 Å². The lowest BCUT2D eigenvalue weighted by molar-refractivity contribution is -0.131. The number of aromatic nitrogens is 4. The average Bonchev–Trinajstić information content (AvgIpc) is 4.06. The molecular formula is C49H70N10O6. The van der Waals surface area contributed by atoms with Crippen LogP contribution in [0.2, 0.25) is 0 Å². The second-order valence-corrected chi connectivity index (χ2v) is 16.9. The zero-order valence-electron chi connectivity index (χ0n) is 38.5. The summed E-state index contributed by atoms with van der Waals surface area (Å²) >= 11 is 0. The van der Waals surface area contributed by atoms with Gasteiger partial charge in [-0.15, -0.1) is 0 Å². The lowest BCUT2D eigenvalue weighted by Gasteiger charge is -2.26. The van der Waals surface area contributed by atoms with Crippen LogP contribution >= 0.6 is 0 Å². The van der Waals surface area contributed by atoms with E-state index in [2.05, 4.69) is 51.8 Å². The molecule has 16 nitrogen and oxygen atoms in total. The first kappa shape index (κ1) is 51.3. The maximum absolute atomic E-state index is 13.6. The molecule has 2 heterocycles. The molecular weight excluding hydrogens is 825 g/mol. The number of carbonyl (C=O) groups excluding carboxylic acids is 6. The Kier molecular flexibility index (Phi) is 22.5. The molecule has 0 bridgehead atoms. The third-order valence-corrected chi connectivity index (χ3v) is 11.8. The van der Waals surface area contributed by atoms with E-state index in [0.717, 1.165) is 57.8 Å². The van der Waals surface area contributed by atoms with Crippen LogP contribution in [0, 0.1) is 11.8 Å². The SMILES string of the molecule is CCC(C)[C@H](NC(=O)[C@H](Cc1cnc[nH]1)NC(=O)c1ccccc1)C(=O)NCCCCCCCCCCCNC(=O)[C@H](NC(=O)[C@@H](Cc1cnc[nH]1)NC(=O)c1ccccc1)C(C)CC. The predicted octanol–water partition coefficient (Wildman–Crippen LogP) is 5.32. The molecule has 8 N–H and O–H groups in total. The summed E-state index contributed by atoms with van der Waals surface area (Å²) < 4.78 is 0. The van der Waals surface area contributed by atoms with Crippen molar-refractivity contribution in [1.82, 2.24) is 51.8 Å². The minimum Gasteiger partial charge on any atom is -0.354 e. The molecule has 0 aliphatic carbocycles. The fourth-order valence-electron chi connectivity index (χ4n) is 7.36. The molecule has 2 aromatic carbocycles. The molecule has 6 atom stereocenters. The second-order valence-electron chi connectivity index (χ2n) is 16.9. The number of carbonyl (C=O) groups is 6. The van der Waals surface area contributed by atoms with E-state index in [4.69, 9.17) is 0 Å². The summed E-state index contributed by atoms with van der Waals surface area (Å²) in [5.41, 5.74) is 2.23. The van der Waals surface area contributed by atoms with Gasteiger partial charge in [-0.3, -0.25) is 28.8 Å². The summed E-state index contributed by atoms with van der Waals surface area (Å²) in [5.74, 6) is -2.36. The van der Waals surface area contributed by atoms with E-state index in [1.54, 1.807) is 60.9 Å². The fraction of sp³-hybridized carbons (Fsp3) is 0.510. The van der Waals surface area contributed by atoms with Crippen LogP contribution in [0.4, 0.5) is 0 Å². The Morgan fingerprint density at radius 3 is 1.17 bits per heavy atom. The molecule has 65 heavy (non-hydrogen) atoms. The Balaban J connectivity index is 1.11. The molecule has 6 amide bonds. The zero-order chi connectivity index (χ0) is 46.8. The molecule has 0 saturated carbocycles. The largest absolute Gasteiger partial charge is 0.354 e. The van der Waals surface area contributed by atoms with Crippen molar-refractivity contribution in [2.45, 2.75) is 135 Å². The lowest BCUT2D eigenvalue weighted by Crippen LogP contribution is -2.56. The van der Waals surface area contributed by atoms with Crippen molar-refractivity contribution in [3.8, 4) is 0 Å². The number of H-pyrrole nitrogens is 2. The molecule has 0 aliphatic heterocycles. The van der Waals surface area contributed by atoms with Crippen molar-refractivity contribution < 1.29 is 28.8 Å². The van der Waals surface area contributed by atoms with Crippen LogP contribution in [0.5, 0.6) is 0 Å². The average molecular weight is 895 g/mol. The summed E-state index contributed by atoms with van der Waals surface area (Å²) in [7, 11) is 0. The second kappa shape index (κ2) is 28.5. The van der Waals surface area contributed by atoms with Crippen LogP contribution in [0.1, 0.15) is 130 Å². The molecule has 16 heteroatoms. The van der Waals surface area contributed by atoms with Gasteiger partial charge in [0.15, 0.2) is 0 Å². The first-order chi connectivity index (χ1) is 31.5. The van der Waals surface area contributed by atoms with E-state index in [1.165, 1.54) is 12.7 Å². The first-order valence-corrected chi connectivity index (χ1v) is 23.3. The minimum atomic E-state index is -0.918. The maximum atomic E-state index is 13.6. The van der Waals surface area contributed by atoms with Gasteiger partial charge in [0, 0.05) is 60.8 Å². The van der Waals surface area contributed by atoms with Crippen LogP contribution in [0.3, 0.4) is 0 Å². The predicted molar refractivity (Wildman–Crippen MR) is 250 cm³/mol. The maximum Gasteiger partial charge on any atom is 0.251 e. The molecule has 2 aromatic heterocycles. The standard InChI is InChI=1S/C49H70N10O6/c1-5-34(3)42(58-46(62)40(28-38-30-50-32-54-38)56-44(60)36-22-16-14-17-23-36)48(64)52-26-20-12-10-8-7-9-11-13-21-27-53-49(65)43(35(4)6-2)59-47(63)41(29-39-31-51-33-55-39)57-45(61)37-24-18-15-19-25-37/h14-19,22-25,30-35,40-43H,5-13,20-21,26-29H2,1-4H3,(H,50,54)(H,51,55)(H,52,64)(H,53,65)(H,56,60)(H,57,61)(H,58,62)(H,59,63)/t34?,35?,40-,41+,42-,43+. The van der Waals surface area contributed by atoms with Crippen LogP contribution in [0.25, 0.3) is 0 Å². The molecule has 0 fully saturated rings. The number of aromatic amines is 2. The number of benzene rings is 2. The fourth-order valence-corrected chi connectivity index (χ4v) is 7.36. The van der Waals surface area contributed by atoms with Gasteiger partial charge in [-0.25, -0.2) is 9.97 Å². The number of amides is 6. The van der Waals surface area contributed by atoms with Gasteiger partial charge in [0.2, 0.25) is 23.6 Å². The molecule has 0 aliphatic rings. The highest BCUT2D eigenvalue weighted by Crippen LogP contribution is 2.14. The smallest absolute Gasteiger partial charge is 0.251 e. The van der Waals surface area contributed by atoms with Gasteiger partial charge in [-0.2, -0.15) is 0 Å². The Bertz CT molecular complexity index is 1870. The van der Waals surface area contributed by atoms with Crippen molar-refractivity contribution in [3.63, 3.8) is 0 Å². The van der Waals surface area contributed by atoms with Gasteiger partial charge in [0.25, 0.3) is 11.8 Å². The van der Waals surface area contributed by atoms with Crippen molar-refractivity contribution in [2.24, 2.45) is 11.8 Å². The highest BCUT2D eigenvalue weighted by molar-refractivity contribution is 5.99. The van der Waals surface area contributed by atoms with E-state index in [-0.39, 0.29) is 48.3 Å². The van der Waals surface area contributed by atoms with E-state index in [0.29, 0.717) is 48.4 Å². The van der Waals surface area contributed by atoms with E-state index < -0.39 is 36.0 Å². The molecule has 352 valence electrons. The number of hydrogen-bond donors (Lipinski definition) is 8. The Hall–Kier alpha value is -6.32. The number of hydrogen-bond acceptors (Lipinski definition) is 8. The lowest BCUT2D eigenvalue weighted by atomic mass is 9.97. The van der Waals surface area contributed by atoms with Gasteiger partial charge in [0.05, 0.1) is 12.7 Å². The van der Waals surface area contributed by atoms with Crippen molar-refractivity contribution in [2.75, 3.05) is 13.1 Å². The first-order valence-electron chi connectivity index (χ1n) is 23.3. The number of unbranched alkanes of at least 4 members (excludes halogenated alkanes) is 8. The Morgan fingerprint density at radius 2 is 0.846 bits per heavy atom. The van der Waals surface area contributed by atoms with Crippen molar-refractivity contribution in [1.29, 1.82) is 0 Å². The van der Waals surface area contributed by atoms with Gasteiger partial charge < -0.3 is 41.9 Å². The summed E-state index contributed by atoms with van der Waals surface area (Å²) in [5, 5.41) is 17.5. The number of nitrogens with one attached hydrogen (secondary N) is 8. The summed E-state index contributed by atoms with van der Waals surface area (Å²) in [6.07, 6.45) is 17.0. The van der Waals surface area contributed by atoms with Crippen LogP contribution in [-0.2, 0) is 32.0 Å². The highest BCUT2D eigenvalue weighted by Gasteiger charge is 2.32. The van der Waals surface area contributed by atoms with Crippen molar-refractivity contribution in [3.05, 3.63) is 108 Å². The normalized spacial score (nSPS) is 13.8. The van der Waals surface area contributed by atoms with Gasteiger partial charge in [-0.1, -0.05) is 122 Å². The third-order valence-electron chi connectivity index (χ3n) is 11.8. The van der Waals surface area contributed by atoms with Crippen LogP contribution in [0.15, 0.2) is 85.7 Å². The third kappa shape index (κ3) is 18.0. The number of rotatable bonds is 30. The molecule has 4 rings (SSSR count). The van der Waals surface area contributed by atoms with E-state index in [9.17, 15) is 28.8 Å². The topological polar surface area (TPSA) is 232 Å². The van der Waals surface area contributed by atoms with E-state index in [1.807, 2.05) is 39.8 Å². The highest BCUT2D eigenvalue weighted by atomic mass is 16.2. The molecule has 0 radical (unpaired) electrons. The molecule has 0 spiro atoms. The summed E-state index contributed by atoms with van der Waals surface area (Å²) in [4.78, 5) is 93.9. The van der Waals surface area contributed by atoms with Gasteiger partial charge >= 0.3 is 0 Å². The summed E-state index contributed by atoms with van der Waals surface area (Å²) in [6.45, 7) is 8.82. The number of imidazole rings is 2. The Labute approximate surface area is 383 Å². The van der Waals surface area contributed by atoms with Gasteiger partial charge in [0.1, 0.15) is 24.2 Å². The molecule has 2 unspecified atom stereocenters. The summed E-state index contributed by atoms with van der Waals surface area (Å²) in [6, 6.07) is 14.0. The Morgan fingerprint density at radius 1 is 0.492 bits per heavy atom. The van der Waals surface area contributed by atoms with Crippen LogP contribution in [-0.4, -0.2) is 92.6 Å². The monoisotopic (exact) mass is 895 g/mol. The molecule has 0 saturated heterocycles. The molecule has 4 aromatic rings. The van der Waals surface area contributed by atoms with Crippen LogP contribution < -0.4 is 31.9 Å². The van der Waals surface area contributed by atoms with Crippen molar-refractivity contribution >= 4 is 35.4 Å². The number of nitrogens with zero attached hydrogens (tertiary/aromatic N) is 2. The zero-order valence-corrected chi connectivity index (χ0v) is 38.5. The minimum absolute atomic E-state index is 0.124. The van der Waals surface area contributed by atoms with E-state index >= 15 is 0 Å².